The number of Topliss-reactive ketones (excluding diaryl/α,β-unsaturated/α-hetero) is 1. The van der Waals surface area contributed by atoms with Crippen molar-refractivity contribution >= 4 is 16.7 Å². The molecule has 18 heavy (non-hydrogen) atoms. The molecule has 0 fully saturated rings. The smallest absolute Gasteiger partial charge is 0.176 e. The van der Waals surface area contributed by atoms with E-state index in [-0.39, 0.29) is 5.78 Å². The molecule has 0 saturated heterocycles. The standard InChI is InChI=1S/C13H14N4O/c1-13(2,15-16-14)12(18)10-8-17(3)11-7-5-4-6-9(10)11/h4-8H,1-3H3. The molecule has 1 heterocycles. The fourth-order valence-corrected chi connectivity index (χ4v) is 2.01. The van der Waals surface area contributed by atoms with Crippen LogP contribution in [0.3, 0.4) is 0 Å². The van der Waals surface area contributed by atoms with Gasteiger partial charge < -0.3 is 4.57 Å². The van der Waals surface area contributed by atoms with Crippen LogP contribution in [0.5, 0.6) is 0 Å². The van der Waals surface area contributed by atoms with Gasteiger partial charge in [-0.25, -0.2) is 0 Å². The normalized spacial score (nSPS) is 11.3. The van der Waals surface area contributed by atoms with Crippen molar-refractivity contribution in [2.24, 2.45) is 12.2 Å². The average molecular weight is 242 g/mol. The first-order valence-electron chi connectivity index (χ1n) is 5.62. The number of aromatic nitrogens is 1. The van der Waals surface area contributed by atoms with Crippen molar-refractivity contribution in [3.63, 3.8) is 0 Å². The Balaban J connectivity index is 2.62. The largest absolute Gasteiger partial charge is 0.350 e. The molecule has 0 bridgehead atoms. The van der Waals surface area contributed by atoms with Crippen LogP contribution in [0.4, 0.5) is 0 Å². The number of para-hydroxylation sites is 1. The van der Waals surface area contributed by atoms with E-state index >= 15 is 0 Å². The number of nitrogens with zero attached hydrogens (tertiary/aromatic N) is 4. The second kappa shape index (κ2) is 4.20. The van der Waals surface area contributed by atoms with Crippen molar-refractivity contribution in [2.75, 3.05) is 0 Å². The highest BCUT2D eigenvalue weighted by Crippen LogP contribution is 2.25. The van der Waals surface area contributed by atoms with E-state index in [1.165, 1.54) is 0 Å². The highest BCUT2D eigenvalue weighted by Gasteiger charge is 2.29. The van der Waals surface area contributed by atoms with E-state index in [4.69, 9.17) is 5.53 Å². The van der Waals surface area contributed by atoms with Gasteiger partial charge in [-0.3, -0.25) is 4.79 Å². The molecule has 1 aromatic heterocycles. The number of hydrogen-bond donors (Lipinski definition) is 0. The number of carbonyl (C=O) groups is 1. The van der Waals surface area contributed by atoms with Crippen LogP contribution in [-0.4, -0.2) is 15.9 Å². The minimum absolute atomic E-state index is 0.169. The summed E-state index contributed by atoms with van der Waals surface area (Å²) in [7, 11) is 1.89. The molecule has 5 nitrogen and oxygen atoms in total. The predicted molar refractivity (Wildman–Crippen MR) is 70.5 cm³/mol. The van der Waals surface area contributed by atoms with Crippen LogP contribution in [0, 0.1) is 0 Å². The van der Waals surface area contributed by atoms with Crippen LogP contribution in [0.25, 0.3) is 21.3 Å². The van der Waals surface area contributed by atoms with E-state index in [0.717, 1.165) is 10.9 Å². The molecular weight excluding hydrogens is 228 g/mol. The molecular formula is C13H14N4O. The molecule has 0 unspecified atom stereocenters. The highest BCUT2D eigenvalue weighted by molar-refractivity contribution is 6.12. The molecule has 0 saturated carbocycles. The Morgan fingerprint density at radius 2 is 2.06 bits per heavy atom. The van der Waals surface area contributed by atoms with Crippen LogP contribution in [0.1, 0.15) is 24.2 Å². The van der Waals surface area contributed by atoms with Gasteiger partial charge in [-0.15, -0.1) is 0 Å². The molecule has 0 amide bonds. The molecule has 0 radical (unpaired) electrons. The number of benzene rings is 1. The molecule has 2 rings (SSSR count). The molecule has 5 heteroatoms. The topological polar surface area (TPSA) is 70.8 Å². The number of ketones is 1. The lowest BCUT2D eigenvalue weighted by molar-refractivity contribution is 0.0915. The number of aryl methyl sites for hydroxylation is 1. The SMILES string of the molecule is Cn1cc(C(=O)C(C)(C)N=[N+]=[N-])c2ccccc21. The summed E-state index contributed by atoms with van der Waals surface area (Å²) in [5.41, 5.74) is 9.02. The van der Waals surface area contributed by atoms with Gasteiger partial charge >= 0.3 is 0 Å². The summed E-state index contributed by atoms with van der Waals surface area (Å²) in [5.74, 6) is -0.169. The minimum Gasteiger partial charge on any atom is -0.350 e. The van der Waals surface area contributed by atoms with E-state index in [0.29, 0.717) is 5.56 Å². The zero-order chi connectivity index (χ0) is 13.3. The zero-order valence-electron chi connectivity index (χ0n) is 10.6. The van der Waals surface area contributed by atoms with Crippen LogP contribution < -0.4 is 0 Å². The van der Waals surface area contributed by atoms with Crippen molar-refractivity contribution in [3.05, 3.63) is 46.5 Å². The number of azide groups is 1. The van der Waals surface area contributed by atoms with Crippen molar-refractivity contribution in [1.82, 2.24) is 4.57 Å². The van der Waals surface area contributed by atoms with Crippen molar-refractivity contribution in [2.45, 2.75) is 19.4 Å². The lowest BCUT2D eigenvalue weighted by Gasteiger charge is -2.15. The first kappa shape index (κ1) is 12.2. The summed E-state index contributed by atoms with van der Waals surface area (Å²) in [5, 5.41) is 4.45. The molecule has 0 N–H and O–H groups in total. The van der Waals surface area contributed by atoms with E-state index < -0.39 is 5.54 Å². The maximum atomic E-state index is 12.4. The van der Waals surface area contributed by atoms with Gasteiger partial charge in [0.15, 0.2) is 5.78 Å². The third kappa shape index (κ3) is 1.85. The molecule has 0 aliphatic heterocycles. The molecule has 0 spiro atoms. The summed E-state index contributed by atoms with van der Waals surface area (Å²) in [4.78, 5) is 15.1. The van der Waals surface area contributed by atoms with Crippen LogP contribution in [0.15, 0.2) is 35.6 Å². The van der Waals surface area contributed by atoms with E-state index in [9.17, 15) is 4.79 Å². The molecule has 92 valence electrons. The van der Waals surface area contributed by atoms with Crippen molar-refractivity contribution in [1.29, 1.82) is 0 Å². The van der Waals surface area contributed by atoms with Gasteiger partial charge in [0, 0.05) is 34.6 Å². The quantitative estimate of drug-likeness (QED) is 0.351. The Bertz CT molecular complexity index is 663. The number of rotatable bonds is 3. The highest BCUT2D eigenvalue weighted by atomic mass is 16.1. The van der Waals surface area contributed by atoms with Gasteiger partial charge in [-0.2, -0.15) is 0 Å². The summed E-state index contributed by atoms with van der Waals surface area (Å²) in [6.07, 6.45) is 1.78. The van der Waals surface area contributed by atoms with E-state index in [2.05, 4.69) is 10.0 Å². The summed E-state index contributed by atoms with van der Waals surface area (Å²) in [6.45, 7) is 3.24. The lowest BCUT2D eigenvalue weighted by atomic mass is 9.94. The molecule has 1 aromatic carbocycles. The Hall–Kier alpha value is -2.26. The van der Waals surface area contributed by atoms with Gasteiger partial charge in [-0.1, -0.05) is 23.3 Å². The van der Waals surface area contributed by atoms with Crippen LogP contribution in [0.2, 0.25) is 0 Å². The van der Waals surface area contributed by atoms with Crippen LogP contribution in [-0.2, 0) is 7.05 Å². The Kier molecular flexibility index (Phi) is 2.85. The zero-order valence-corrected chi connectivity index (χ0v) is 10.6. The minimum atomic E-state index is -1.07. The number of hydrogen-bond acceptors (Lipinski definition) is 2. The van der Waals surface area contributed by atoms with Crippen LogP contribution >= 0.6 is 0 Å². The molecule has 2 aromatic rings. The summed E-state index contributed by atoms with van der Waals surface area (Å²) in [6, 6.07) is 7.66. The Labute approximate surface area is 105 Å². The first-order valence-corrected chi connectivity index (χ1v) is 5.62. The number of fused-ring (bicyclic) bond motifs is 1. The maximum absolute atomic E-state index is 12.4. The van der Waals surface area contributed by atoms with Gasteiger partial charge in [0.05, 0.1) is 0 Å². The van der Waals surface area contributed by atoms with Gasteiger partial charge in [0.25, 0.3) is 0 Å². The third-order valence-corrected chi connectivity index (χ3v) is 2.99. The summed E-state index contributed by atoms with van der Waals surface area (Å²) < 4.78 is 1.90. The second-order valence-corrected chi connectivity index (χ2v) is 4.75. The Morgan fingerprint density at radius 3 is 2.72 bits per heavy atom. The van der Waals surface area contributed by atoms with Gasteiger partial charge in [0.1, 0.15) is 5.54 Å². The summed E-state index contributed by atoms with van der Waals surface area (Å²) >= 11 is 0. The van der Waals surface area contributed by atoms with Gasteiger partial charge in [-0.05, 0) is 25.4 Å². The lowest BCUT2D eigenvalue weighted by Crippen LogP contribution is -2.28. The van der Waals surface area contributed by atoms with E-state index in [1.807, 2.05) is 35.9 Å². The van der Waals surface area contributed by atoms with Crippen molar-refractivity contribution < 1.29 is 4.79 Å². The third-order valence-electron chi connectivity index (χ3n) is 2.99. The Morgan fingerprint density at radius 1 is 1.39 bits per heavy atom. The van der Waals surface area contributed by atoms with Crippen molar-refractivity contribution in [3.8, 4) is 0 Å². The fraction of sp³-hybridized carbons (Fsp3) is 0.308. The monoisotopic (exact) mass is 242 g/mol. The maximum Gasteiger partial charge on any atom is 0.176 e. The first-order chi connectivity index (χ1) is 8.47. The fourth-order valence-electron chi connectivity index (χ4n) is 2.01. The average Bonchev–Trinajstić information content (AvgIpc) is 2.66. The number of carbonyl (C=O) groups excluding carboxylic acids is 1. The molecule has 0 aliphatic rings. The van der Waals surface area contributed by atoms with E-state index in [1.54, 1.807) is 20.0 Å². The van der Waals surface area contributed by atoms with Gasteiger partial charge in [0.2, 0.25) is 0 Å². The molecule has 0 atom stereocenters. The molecule has 0 aliphatic carbocycles. The second-order valence-electron chi connectivity index (χ2n) is 4.75. The predicted octanol–water partition coefficient (Wildman–Crippen LogP) is 3.45.